The van der Waals surface area contributed by atoms with Gasteiger partial charge in [-0.2, -0.15) is 5.26 Å². The Labute approximate surface area is 212 Å². The summed E-state index contributed by atoms with van der Waals surface area (Å²) in [5.74, 6) is -0.841. The molecular formula is C24H16BrN3O6S. The van der Waals surface area contributed by atoms with Crippen LogP contribution in [0.5, 0.6) is 0 Å². The monoisotopic (exact) mass is 553 g/mol. The van der Waals surface area contributed by atoms with Crippen molar-refractivity contribution in [2.75, 3.05) is 4.90 Å². The van der Waals surface area contributed by atoms with E-state index in [1.165, 1.54) is 23.3 Å². The minimum Gasteiger partial charge on any atom is -0.466 e. The summed E-state index contributed by atoms with van der Waals surface area (Å²) in [6.45, 7) is -0.168. The van der Waals surface area contributed by atoms with Crippen molar-refractivity contribution in [3.63, 3.8) is 0 Å². The summed E-state index contributed by atoms with van der Waals surface area (Å²) < 4.78 is 11.2. The molecule has 0 spiro atoms. The van der Waals surface area contributed by atoms with Crippen LogP contribution in [0.4, 0.5) is 11.4 Å². The molecule has 0 aliphatic carbocycles. The van der Waals surface area contributed by atoms with Gasteiger partial charge in [0.15, 0.2) is 5.57 Å². The third-order valence-electron chi connectivity index (χ3n) is 5.04. The number of esters is 1. The van der Waals surface area contributed by atoms with E-state index in [-0.39, 0.29) is 35.2 Å². The molecule has 176 valence electrons. The second-order valence-corrected chi connectivity index (χ2v) is 9.44. The Kier molecular flexibility index (Phi) is 7.33. The molecule has 2 heterocycles. The van der Waals surface area contributed by atoms with Crippen LogP contribution in [-0.2, 0) is 27.4 Å². The fraction of sp³-hybridized carbons (Fsp3) is 0.125. The summed E-state index contributed by atoms with van der Waals surface area (Å²) in [6.07, 6.45) is 1.61. The van der Waals surface area contributed by atoms with Gasteiger partial charge in [-0.15, -0.1) is 0 Å². The van der Waals surface area contributed by atoms with Gasteiger partial charge >= 0.3 is 5.97 Å². The minimum absolute atomic E-state index is 0.0855. The number of carbonyl (C=O) groups excluding carboxylic acids is 2. The number of nitriles is 1. The largest absolute Gasteiger partial charge is 0.466 e. The average molecular weight is 554 g/mol. The number of carbonyl (C=O) groups is 2. The van der Waals surface area contributed by atoms with E-state index < -0.39 is 16.1 Å². The van der Waals surface area contributed by atoms with Gasteiger partial charge in [0.25, 0.3) is 5.69 Å². The van der Waals surface area contributed by atoms with E-state index in [1.807, 2.05) is 6.07 Å². The molecule has 35 heavy (non-hydrogen) atoms. The van der Waals surface area contributed by atoms with Crippen molar-refractivity contribution < 1.29 is 23.7 Å². The third kappa shape index (κ3) is 5.45. The predicted octanol–water partition coefficient (Wildman–Crippen LogP) is 5.12. The quantitative estimate of drug-likeness (QED) is 0.130. The molecule has 0 radical (unpaired) electrons. The number of benzene rings is 2. The number of thioether (sulfide) groups is 1. The molecule has 4 rings (SSSR count). The zero-order valence-electron chi connectivity index (χ0n) is 17.9. The van der Waals surface area contributed by atoms with Crippen LogP contribution in [0.3, 0.4) is 0 Å². The van der Waals surface area contributed by atoms with Crippen LogP contribution in [0.2, 0.25) is 0 Å². The summed E-state index contributed by atoms with van der Waals surface area (Å²) in [6, 6.07) is 18.0. The zero-order valence-corrected chi connectivity index (χ0v) is 20.3. The van der Waals surface area contributed by atoms with Crippen LogP contribution in [0.15, 0.2) is 86.4 Å². The smallest absolute Gasteiger partial charge is 0.352 e. The molecule has 9 nitrogen and oxygen atoms in total. The highest BCUT2D eigenvalue weighted by Crippen LogP contribution is 2.42. The normalized spacial score (nSPS) is 16.6. The molecule has 0 saturated carbocycles. The second kappa shape index (κ2) is 10.6. The molecule has 1 fully saturated rings. The number of nitro groups is 1. The van der Waals surface area contributed by atoms with Gasteiger partial charge in [0.1, 0.15) is 23.5 Å². The van der Waals surface area contributed by atoms with Gasteiger partial charge in [-0.3, -0.25) is 19.8 Å². The number of rotatable bonds is 7. The Balaban J connectivity index is 1.68. The van der Waals surface area contributed by atoms with Crippen molar-refractivity contribution in [1.82, 2.24) is 0 Å². The van der Waals surface area contributed by atoms with Crippen molar-refractivity contribution in [3.05, 3.63) is 103 Å². The Morgan fingerprint density at radius 2 is 2.00 bits per heavy atom. The fourth-order valence-electron chi connectivity index (χ4n) is 3.41. The van der Waals surface area contributed by atoms with E-state index >= 15 is 0 Å². The lowest BCUT2D eigenvalue weighted by atomic mass is 10.1. The molecule has 2 aromatic carbocycles. The highest BCUT2D eigenvalue weighted by atomic mass is 79.9. The van der Waals surface area contributed by atoms with Gasteiger partial charge < -0.3 is 9.15 Å². The molecule has 1 amide bonds. The van der Waals surface area contributed by atoms with Crippen molar-refractivity contribution in [1.29, 1.82) is 5.26 Å². The van der Waals surface area contributed by atoms with Crippen LogP contribution in [0.1, 0.15) is 11.3 Å². The van der Waals surface area contributed by atoms with Gasteiger partial charge in [0.05, 0.1) is 16.4 Å². The number of furan rings is 1. The van der Waals surface area contributed by atoms with Crippen LogP contribution in [0.25, 0.3) is 0 Å². The molecule has 1 saturated heterocycles. The van der Waals surface area contributed by atoms with Crippen LogP contribution < -0.4 is 4.90 Å². The van der Waals surface area contributed by atoms with Crippen molar-refractivity contribution in [3.8, 4) is 6.07 Å². The molecule has 0 bridgehead atoms. The molecule has 1 atom stereocenters. The topological polar surface area (TPSA) is 127 Å². The lowest BCUT2D eigenvalue weighted by Gasteiger charge is -2.18. The average Bonchev–Trinajstić information content (AvgIpc) is 3.48. The standard InChI is InChI=1S/C24H16BrN3O6S/c25-16-6-8-17(9-7-16)27-22(29)21(12-15-3-1-4-18(11-15)28(31)32)35-23(27)20(13-26)24(30)34-14-19-5-2-10-33-19/h1-11,21H,12,14H2/b23-20-. The van der Waals surface area contributed by atoms with Gasteiger partial charge in [0.2, 0.25) is 5.91 Å². The van der Waals surface area contributed by atoms with E-state index in [0.717, 1.165) is 16.2 Å². The summed E-state index contributed by atoms with van der Waals surface area (Å²) in [4.78, 5) is 38.2. The van der Waals surface area contributed by atoms with Gasteiger partial charge in [-0.05, 0) is 48.4 Å². The van der Waals surface area contributed by atoms with Crippen molar-refractivity contribution in [2.24, 2.45) is 0 Å². The zero-order chi connectivity index (χ0) is 24.9. The number of nitrogens with zero attached hydrogens (tertiary/aromatic N) is 3. The Bertz CT molecular complexity index is 1350. The van der Waals surface area contributed by atoms with E-state index in [9.17, 15) is 25.0 Å². The number of ether oxygens (including phenoxy) is 1. The number of hydrogen-bond donors (Lipinski definition) is 0. The maximum absolute atomic E-state index is 13.5. The number of hydrogen-bond acceptors (Lipinski definition) is 8. The van der Waals surface area contributed by atoms with E-state index in [1.54, 1.807) is 48.5 Å². The Morgan fingerprint density at radius 3 is 2.66 bits per heavy atom. The molecule has 0 N–H and O–H groups in total. The van der Waals surface area contributed by atoms with Crippen LogP contribution >= 0.6 is 27.7 Å². The second-order valence-electron chi connectivity index (χ2n) is 7.34. The summed E-state index contributed by atoms with van der Waals surface area (Å²) in [5, 5.41) is 20.4. The number of amides is 1. The SMILES string of the molecule is N#C/C(C(=O)OCc1ccco1)=C1/SC(Cc2cccc([N+](=O)[O-])c2)C(=O)N1c1ccc(Br)cc1. The molecule has 1 aliphatic heterocycles. The van der Waals surface area contributed by atoms with E-state index in [2.05, 4.69) is 15.9 Å². The molecule has 1 aromatic heterocycles. The Hall–Kier alpha value is -3.88. The first-order chi connectivity index (χ1) is 16.9. The first kappa shape index (κ1) is 24.3. The molecule has 1 unspecified atom stereocenters. The number of anilines is 1. The molecule has 1 aliphatic rings. The number of nitro benzene ring substituents is 1. The third-order valence-corrected chi connectivity index (χ3v) is 6.83. The van der Waals surface area contributed by atoms with Crippen molar-refractivity contribution >= 4 is 50.9 Å². The van der Waals surface area contributed by atoms with Gasteiger partial charge in [-0.1, -0.05) is 39.8 Å². The summed E-state index contributed by atoms with van der Waals surface area (Å²) >= 11 is 4.40. The highest BCUT2D eigenvalue weighted by molar-refractivity contribution is 9.10. The first-order valence-electron chi connectivity index (χ1n) is 10.2. The maximum atomic E-state index is 13.5. The van der Waals surface area contributed by atoms with E-state index in [0.29, 0.717) is 17.0 Å². The molecule has 3 aromatic rings. The minimum atomic E-state index is -0.891. The number of non-ortho nitro benzene ring substituents is 1. The van der Waals surface area contributed by atoms with Gasteiger partial charge in [0, 0.05) is 22.3 Å². The van der Waals surface area contributed by atoms with Crippen LogP contribution in [-0.4, -0.2) is 22.0 Å². The Morgan fingerprint density at radius 1 is 1.23 bits per heavy atom. The fourth-order valence-corrected chi connectivity index (χ4v) is 4.98. The predicted molar refractivity (Wildman–Crippen MR) is 131 cm³/mol. The lowest BCUT2D eigenvalue weighted by molar-refractivity contribution is -0.384. The molecular weight excluding hydrogens is 538 g/mol. The van der Waals surface area contributed by atoms with E-state index in [4.69, 9.17) is 9.15 Å². The lowest BCUT2D eigenvalue weighted by Crippen LogP contribution is -2.30. The highest BCUT2D eigenvalue weighted by Gasteiger charge is 2.41. The first-order valence-corrected chi connectivity index (χ1v) is 11.9. The summed E-state index contributed by atoms with van der Waals surface area (Å²) in [7, 11) is 0. The van der Waals surface area contributed by atoms with Crippen molar-refractivity contribution in [2.45, 2.75) is 18.3 Å². The van der Waals surface area contributed by atoms with Gasteiger partial charge in [-0.25, -0.2) is 4.79 Å². The summed E-state index contributed by atoms with van der Waals surface area (Å²) in [5.41, 5.74) is 0.645. The van der Waals surface area contributed by atoms with Crippen LogP contribution in [0, 0.1) is 21.4 Å². The maximum Gasteiger partial charge on any atom is 0.352 e. The molecule has 11 heteroatoms. The number of halogens is 1.